The Labute approximate surface area is 212 Å². The molecule has 13 nitrogen and oxygen atoms in total. The minimum absolute atomic E-state index is 0.0618. The van der Waals surface area contributed by atoms with Gasteiger partial charge in [0.1, 0.15) is 23.5 Å². The summed E-state index contributed by atoms with van der Waals surface area (Å²) in [5.41, 5.74) is 7.50. The minimum Gasteiger partial charge on any atom is -0.543 e. The second kappa shape index (κ2) is 9.31. The Hall–Kier alpha value is -3.85. The predicted octanol–water partition coefficient (Wildman–Crippen LogP) is -1.70. The van der Waals surface area contributed by atoms with Gasteiger partial charge in [0.25, 0.3) is 11.8 Å². The van der Waals surface area contributed by atoms with Crippen molar-refractivity contribution in [2.24, 2.45) is 4.99 Å². The fourth-order valence-electron chi connectivity index (χ4n) is 4.30. The van der Waals surface area contributed by atoms with Crippen LogP contribution in [0.3, 0.4) is 0 Å². The lowest BCUT2D eigenvalue weighted by molar-refractivity contribution is -0.664. The van der Waals surface area contributed by atoms with Crippen molar-refractivity contribution in [3.05, 3.63) is 41.8 Å². The maximum absolute atomic E-state index is 13.0. The summed E-state index contributed by atoms with van der Waals surface area (Å²) >= 11 is 2.28. The molecular formula is C21H21N9O4S2. The molecular weight excluding hydrogens is 506 g/mol. The average Bonchev–Trinajstić information content (AvgIpc) is 3.49. The number of aliphatic imine (C=N–C) groups is 1. The fraction of sp³-hybridized carbons (Fsp3) is 0.333. The van der Waals surface area contributed by atoms with Crippen LogP contribution < -0.4 is 20.7 Å². The number of nitrogens with two attached hydrogens (primary N) is 1. The molecule has 186 valence electrons. The van der Waals surface area contributed by atoms with Crippen molar-refractivity contribution in [3.63, 3.8) is 0 Å². The highest BCUT2D eigenvalue weighted by Gasteiger charge is 2.53. The summed E-state index contributed by atoms with van der Waals surface area (Å²) in [4.78, 5) is 51.5. The van der Waals surface area contributed by atoms with Crippen LogP contribution in [0.4, 0.5) is 5.13 Å². The number of aliphatic carboxylic acids is 1. The van der Waals surface area contributed by atoms with Gasteiger partial charge in [-0.3, -0.25) is 19.5 Å². The van der Waals surface area contributed by atoms with E-state index in [1.54, 1.807) is 6.33 Å². The number of rotatable bonds is 7. The first kappa shape index (κ1) is 23.9. The lowest BCUT2D eigenvalue weighted by Crippen LogP contribution is -2.71. The number of nitrogen functional groups attached to an aromatic ring is 1. The first-order valence-corrected chi connectivity index (χ1v) is 12.7. The number of β-lactam (4-membered cyclic amide) rings is 1. The van der Waals surface area contributed by atoms with E-state index < -0.39 is 29.2 Å². The van der Waals surface area contributed by atoms with E-state index in [1.165, 1.54) is 23.7 Å². The van der Waals surface area contributed by atoms with E-state index in [-0.39, 0.29) is 28.9 Å². The molecule has 2 unspecified atom stereocenters. The number of thioether (sulfide) groups is 1. The number of amides is 2. The van der Waals surface area contributed by atoms with Crippen molar-refractivity contribution in [2.45, 2.75) is 31.4 Å². The predicted molar refractivity (Wildman–Crippen MR) is 129 cm³/mol. The van der Waals surface area contributed by atoms with Crippen molar-refractivity contribution in [2.75, 3.05) is 18.5 Å². The normalized spacial score (nSPS) is 19.9. The summed E-state index contributed by atoms with van der Waals surface area (Å²) in [7, 11) is 1.40. The Bertz CT molecular complexity index is 1460. The molecule has 0 spiro atoms. The number of hydrogen-bond donors (Lipinski definition) is 2. The highest BCUT2D eigenvalue weighted by molar-refractivity contribution is 8.00. The van der Waals surface area contributed by atoms with E-state index in [1.807, 2.05) is 34.4 Å². The molecule has 3 aromatic rings. The molecule has 1 saturated heterocycles. The number of aryl methyl sites for hydroxylation is 1. The molecule has 0 aliphatic carbocycles. The number of fused-ring (bicyclic) bond motifs is 2. The van der Waals surface area contributed by atoms with Gasteiger partial charge in [0.15, 0.2) is 16.7 Å². The molecule has 2 amide bonds. The quantitative estimate of drug-likeness (QED) is 0.206. The minimum atomic E-state index is -1.45. The Kier molecular flexibility index (Phi) is 6.17. The van der Waals surface area contributed by atoms with Crippen LogP contribution in [0.1, 0.15) is 12.7 Å². The second-order valence-electron chi connectivity index (χ2n) is 8.00. The smallest absolute Gasteiger partial charge is 0.349 e. The highest BCUT2D eigenvalue weighted by atomic mass is 32.2. The number of carboxylic acids is 1. The number of carbonyl (C=O) groups excluding carboxylic acids is 3. The van der Waals surface area contributed by atoms with Gasteiger partial charge in [0, 0.05) is 36.5 Å². The molecule has 0 bridgehead atoms. The zero-order chi connectivity index (χ0) is 25.6. The summed E-state index contributed by atoms with van der Waals surface area (Å²) in [5, 5.41) is 14.4. The summed E-state index contributed by atoms with van der Waals surface area (Å²) < 4.78 is 7.82. The molecule has 3 N–H and O–H groups in total. The summed E-state index contributed by atoms with van der Waals surface area (Å²) in [6.07, 6.45) is 3.55. The summed E-state index contributed by atoms with van der Waals surface area (Å²) in [6.45, 7) is 2.98. The third-order valence-electron chi connectivity index (χ3n) is 5.97. The van der Waals surface area contributed by atoms with Gasteiger partial charge in [-0.1, -0.05) is 0 Å². The molecule has 3 aromatic heterocycles. The summed E-state index contributed by atoms with van der Waals surface area (Å²) in [5.74, 6) is -2.24. The lowest BCUT2D eigenvalue weighted by Gasteiger charge is -2.50. The van der Waals surface area contributed by atoms with Crippen molar-refractivity contribution < 1.29 is 24.1 Å². The monoisotopic (exact) mass is 527 g/mol. The van der Waals surface area contributed by atoms with Crippen LogP contribution in [-0.4, -0.2) is 71.5 Å². The second-order valence-corrected chi connectivity index (χ2v) is 9.89. The number of aromatic nitrogens is 5. The molecule has 0 radical (unpaired) electrons. The van der Waals surface area contributed by atoms with E-state index in [0.717, 1.165) is 23.6 Å². The average molecular weight is 528 g/mol. The molecule has 0 aromatic carbocycles. The van der Waals surface area contributed by atoms with Crippen LogP contribution in [-0.2, 0) is 27.5 Å². The largest absolute Gasteiger partial charge is 0.543 e. The molecule has 5 heterocycles. The van der Waals surface area contributed by atoms with Crippen LogP contribution in [0.2, 0.25) is 0 Å². The number of nitrogens with zero attached hydrogens (tertiary/aromatic N) is 7. The maximum Gasteiger partial charge on any atom is 0.349 e. The molecule has 2 atom stereocenters. The lowest BCUT2D eigenvalue weighted by atomic mass is 10.0. The van der Waals surface area contributed by atoms with Gasteiger partial charge in [-0.05, 0) is 24.0 Å². The van der Waals surface area contributed by atoms with E-state index in [0.29, 0.717) is 17.0 Å². The van der Waals surface area contributed by atoms with Crippen molar-refractivity contribution in [3.8, 4) is 0 Å². The molecule has 5 rings (SSSR count). The number of carbonyl (C=O) groups is 3. The van der Waals surface area contributed by atoms with Crippen molar-refractivity contribution in [1.29, 1.82) is 0 Å². The van der Waals surface area contributed by atoms with Gasteiger partial charge < -0.3 is 25.5 Å². The van der Waals surface area contributed by atoms with Crippen LogP contribution >= 0.6 is 23.3 Å². The number of carboxylic acid groups (broad SMARTS) is 1. The Balaban J connectivity index is 1.38. The molecule has 36 heavy (non-hydrogen) atoms. The highest BCUT2D eigenvalue weighted by Crippen LogP contribution is 2.40. The van der Waals surface area contributed by atoms with Gasteiger partial charge >= 0.3 is 5.65 Å². The Morgan fingerprint density at radius 2 is 2.22 bits per heavy atom. The van der Waals surface area contributed by atoms with Crippen molar-refractivity contribution >= 4 is 63.1 Å². The van der Waals surface area contributed by atoms with E-state index in [9.17, 15) is 19.5 Å². The number of pyridine rings is 1. The van der Waals surface area contributed by atoms with Gasteiger partial charge in [-0.2, -0.15) is 9.36 Å². The Morgan fingerprint density at radius 1 is 1.42 bits per heavy atom. The number of anilines is 1. The SMILES string of the molecule is CCn1cnc2c1ccc[n+]2CC1=C(C(=O)[O-])N2C(=O)C(NC(=O)C(=NC)c3nsc(N)n3)C2SC1. The van der Waals surface area contributed by atoms with E-state index >= 15 is 0 Å². The third-order valence-corrected chi connectivity index (χ3v) is 7.85. The molecule has 15 heteroatoms. The number of nitrogens with one attached hydrogen (secondary N) is 1. The van der Waals surface area contributed by atoms with Gasteiger partial charge in [0.2, 0.25) is 6.33 Å². The zero-order valence-electron chi connectivity index (χ0n) is 19.2. The molecule has 2 aliphatic heterocycles. The van der Waals surface area contributed by atoms with Gasteiger partial charge in [0.05, 0.1) is 17.9 Å². The zero-order valence-corrected chi connectivity index (χ0v) is 20.9. The third kappa shape index (κ3) is 3.89. The van der Waals surface area contributed by atoms with Crippen LogP contribution in [0.5, 0.6) is 0 Å². The van der Waals surface area contributed by atoms with Gasteiger partial charge in [-0.25, -0.2) is 4.57 Å². The molecule has 0 saturated carbocycles. The van der Waals surface area contributed by atoms with Crippen molar-refractivity contribution in [1.82, 2.24) is 29.1 Å². The number of hydrogen-bond acceptors (Lipinski definition) is 11. The summed E-state index contributed by atoms with van der Waals surface area (Å²) in [6, 6.07) is 2.88. The molecule has 1 fully saturated rings. The first-order chi connectivity index (χ1) is 17.3. The topological polar surface area (TPSA) is 175 Å². The van der Waals surface area contributed by atoms with Gasteiger partial charge in [-0.15, -0.1) is 11.8 Å². The fourth-order valence-corrected chi connectivity index (χ4v) is 6.07. The molecule has 2 aliphatic rings. The van der Waals surface area contributed by atoms with E-state index in [4.69, 9.17) is 5.73 Å². The number of imidazole rings is 1. The van der Waals surface area contributed by atoms with E-state index in [2.05, 4.69) is 24.7 Å². The van der Waals surface area contributed by atoms with Crippen LogP contribution in [0, 0.1) is 0 Å². The van der Waals surface area contributed by atoms with Crippen LogP contribution in [0.25, 0.3) is 11.2 Å². The standard InChI is InChI=1S/C21H21N9O4S2/c1-3-28-9-24-16-11(28)5-4-6-29(16)7-10-8-35-19-13(18(32)30(19)14(10)20(33)34)25-17(31)12(23-2)15-26-21(22)36-27-15/h4-6,9,13,19H,3,7-8H2,1-2H3,(H3-,22,25,26,27,31,33,34). The Morgan fingerprint density at radius 3 is 2.89 bits per heavy atom. The first-order valence-electron chi connectivity index (χ1n) is 10.9. The maximum atomic E-state index is 13.0. The van der Waals surface area contributed by atoms with Crippen LogP contribution in [0.15, 0.2) is 40.9 Å².